The third-order valence-electron chi connectivity index (χ3n) is 5.80. The molecule has 1 aromatic heterocycles. The van der Waals surface area contributed by atoms with Crippen molar-refractivity contribution in [1.82, 2.24) is 8.75 Å². The van der Waals surface area contributed by atoms with Crippen molar-refractivity contribution in [2.24, 2.45) is 0 Å². The number of phenols is 1. The Bertz CT molecular complexity index is 1430. The van der Waals surface area contributed by atoms with E-state index in [2.05, 4.69) is 8.75 Å². The number of aromatic hydroxyl groups is 1. The molecule has 172 valence electrons. The van der Waals surface area contributed by atoms with Gasteiger partial charge in [0.15, 0.2) is 11.5 Å². The molecule has 0 aliphatic carbocycles. The van der Waals surface area contributed by atoms with Gasteiger partial charge in [-0.1, -0.05) is 12.1 Å². The zero-order valence-electron chi connectivity index (χ0n) is 18.3. The van der Waals surface area contributed by atoms with Gasteiger partial charge in [0.2, 0.25) is 0 Å². The van der Waals surface area contributed by atoms with Gasteiger partial charge in [0.25, 0.3) is 5.79 Å². The number of methoxy groups -OCH3 is 2. The Labute approximate surface area is 199 Å². The minimum atomic E-state index is -2.01. The Morgan fingerprint density at radius 3 is 2.44 bits per heavy atom. The van der Waals surface area contributed by atoms with Crippen LogP contribution in [0.5, 0.6) is 17.2 Å². The van der Waals surface area contributed by atoms with E-state index in [1.54, 1.807) is 61.7 Å². The van der Waals surface area contributed by atoms with Crippen molar-refractivity contribution in [3.63, 3.8) is 0 Å². The van der Waals surface area contributed by atoms with E-state index in [1.807, 2.05) is 0 Å². The Morgan fingerprint density at radius 2 is 1.74 bits per heavy atom. The van der Waals surface area contributed by atoms with Gasteiger partial charge in [0.05, 0.1) is 31.5 Å². The van der Waals surface area contributed by atoms with E-state index in [0.29, 0.717) is 44.8 Å². The lowest BCUT2D eigenvalue weighted by Gasteiger charge is -2.26. The smallest absolute Gasteiger partial charge is 0.342 e. The predicted octanol–water partition coefficient (Wildman–Crippen LogP) is 3.81. The van der Waals surface area contributed by atoms with Crippen LogP contribution in [0.4, 0.5) is 0 Å². The molecule has 1 unspecified atom stereocenters. The fourth-order valence-electron chi connectivity index (χ4n) is 4.08. The van der Waals surface area contributed by atoms with Crippen LogP contribution in [0.25, 0.3) is 16.6 Å². The lowest BCUT2D eigenvalue weighted by atomic mass is 9.88. The maximum absolute atomic E-state index is 13.2. The summed E-state index contributed by atoms with van der Waals surface area (Å²) in [5.41, 5.74) is 3.53. The summed E-state index contributed by atoms with van der Waals surface area (Å²) < 4.78 is 24.4. The summed E-state index contributed by atoms with van der Waals surface area (Å²) in [6.45, 7) is 0. The van der Waals surface area contributed by atoms with Crippen LogP contribution in [-0.2, 0) is 21.7 Å². The molecule has 2 heterocycles. The molecule has 3 aromatic carbocycles. The standard InChI is InChI=1S/C25H20N2O6S/c1-31-17-7-5-16(6-8-17)25(30)18(11-14-3-10-22(32-2)21(28)12-14)23(24(29)33-25)15-4-9-19-20(13-15)27-34-26-19/h3-10,12-13,28,30H,11H2,1-2H3. The Kier molecular flexibility index (Phi) is 5.43. The number of aliphatic hydroxyl groups is 1. The van der Waals surface area contributed by atoms with Crippen LogP contribution < -0.4 is 9.47 Å². The number of hydrogen-bond donors (Lipinski definition) is 2. The number of fused-ring (bicyclic) bond motifs is 1. The van der Waals surface area contributed by atoms with Crippen LogP contribution in [0.2, 0.25) is 0 Å². The van der Waals surface area contributed by atoms with E-state index in [-0.39, 0.29) is 17.7 Å². The quantitative estimate of drug-likeness (QED) is 0.404. The number of esters is 1. The summed E-state index contributed by atoms with van der Waals surface area (Å²) in [6, 6.07) is 16.9. The first-order valence-corrected chi connectivity index (χ1v) is 11.1. The highest BCUT2D eigenvalue weighted by molar-refractivity contribution is 7.00. The highest BCUT2D eigenvalue weighted by Crippen LogP contribution is 2.45. The minimum Gasteiger partial charge on any atom is -0.504 e. The molecule has 4 aromatic rings. The van der Waals surface area contributed by atoms with Gasteiger partial charge in [-0.15, -0.1) is 0 Å². The number of ether oxygens (including phenoxy) is 3. The SMILES string of the molecule is COc1ccc(C2(O)OC(=O)C(c3ccc4nsnc4c3)=C2Cc2ccc(OC)c(O)c2)cc1. The van der Waals surface area contributed by atoms with Crippen LogP contribution in [-0.4, -0.2) is 39.1 Å². The number of phenolic OH excluding ortho intramolecular Hbond substituents is 1. The number of benzene rings is 3. The average Bonchev–Trinajstić information content (AvgIpc) is 3.41. The van der Waals surface area contributed by atoms with Crippen molar-refractivity contribution in [3.05, 3.63) is 82.9 Å². The van der Waals surface area contributed by atoms with Gasteiger partial charge in [-0.05, 0) is 59.7 Å². The van der Waals surface area contributed by atoms with Crippen molar-refractivity contribution in [1.29, 1.82) is 0 Å². The van der Waals surface area contributed by atoms with E-state index >= 15 is 0 Å². The van der Waals surface area contributed by atoms with Crippen LogP contribution >= 0.6 is 11.7 Å². The average molecular weight is 477 g/mol. The molecule has 0 saturated carbocycles. The molecule has 8 nitrogen and oxygen atoms in total. The normalized spacial score (nSPS) is 17.8. The second-order valence-electron chi connectivity index (χ2n) is 7.77. The van der Waals surface area contributed by atoms with E-state index in [1.165, 1.54) is 13.2 Å². The maximum atomic E-state index is 13.2. The molecule has 0 saturated heterocycles. The number of carbonyl (C=O) groups excluding carboxylic acids is 1. The van der Waals surface area contributed by atoms with E-state index in [4.69, 9.17) is 14.2 Å². The minimum absolute atomic E-state index is 0.0460. The van der Waals surface area contributed by atoms with Crippen molar-refractivity contribution >= 4 is 34.3 Å². The summed E-state index contributed by atoms with van der Waals surface area (Å²) in [7, 11) is 3.01. The van der Waals surface area contributed by atoms with Gasteiger partial charge in [0.1, 0.15) is 16.8 Å². The summed E-state index contributed by atoms with van der Waals surface area (Å²) >= 11 is 1.08. The first kappa shape index (κ1) is 21.9. The highest BCUT2D eigenvalue weighted by atomic mass is 32.1. The summed E-state index contributed by atoms with van der Waals surface area (Å²) in [6.07, 6.45) is 0.133. The van der Waals surface area contributed by atoms with Gasteiger partial charge in [-0.3, -0.25) is 0 Å². The van der Waals surface area contributed by atoms with Crippen LogP contribution in [0.3, 0.4) is 0 Å². The predicted molar refractivity (Wildman–Crippen MR) is 126 cm³/mol. The van der Waals surface area contributed by atoms with Crippen LogP contribution in [0.15, 0.2) is 66.2 Å². The van der Waals surface area contributed by atoms with Crippen LogP contribution in [0.1, 0.15) is 16.7 Å². The second-order valence-corrected chi connectivity index (χ2v) is 8.29. The summed E-state index contributed by atoms with van der Waals surface area (Å²) in [5, 5.41) is 22.0. The number of carbonyl (C=O) groups is 1. The second kappa shape index (κ2) is 8.44. The number of cyclic esters (lactones) is 1. The van der Waals surface area contributed by atoms with Crippen LogP contribution in [0, 0.1) is 0 Å². The van der Waals surface area contributed by atoms with E-state index in [9.17, 15) is 15.0 Å². The monoisotopic (exact) mass is 476 g/mol. The summed E-state index contributed by atoms with van der Waals surface area (Å²) in [5.74, 6) is -1.79. The third-order valence-corrected chi connectivity index (χ3v) is 6.36. The Balaban J connectivity index is 1.68. The molecule has 1 aliphatic rings. The molecular formula is C25H20N2O6S. The zero-order valence-corrected chi connectivity index (χ0v) is 19.1. The lowest BCUT2D eigenvalue weighted by molar-refractivity contribution is -0.185. The molecule has 2 N–H and O–H groups in total. The van der Waals surface area contributed by atoms with Crippen molar-refractivity contribution in [2.75, 3.05) is 14.2 Å². The molecule has 0 fully saturated rings. The highest BCUT2D eigenvalue weighted by Gasteiger charge is 2.48. The number of hydrogen-bond acceptors (Lipinski definition) is 9. The largest absolute Gasteiger partial charge is 0.504 e. The Hall–Kier alpha value is -3.95. The number of aromatic nitrogens is 2. The lowest BCUT2D eigenvalue weighted by Crippen LogP contribution is -2.29. The third kappa shape index (κ3) is 3.64. The molecule has 0 spiro atoms. The molecule has 34 heavy (non-hydrogen) atoms. The first-order chi connectivity index (χ1) is 16.4. The topological polar surface area (TPSA) is 111 Å². The molecule has 9 heteroatoms. The molecule has 5 rings (SSSR count). The van der Waals surface area contributed by atoms with Gasteiger partial charge < -0.3 is 24.4 Å². The van der Waals surface area contributed by atoms with Gasteiger partial charge in [0, 0.05) is 17.6 Å². The van der Waals surface area contributed by atoms with Gasteiger partial charge in [-0.2, -0.15) is 8.75 Å². The van der Waals surface area contributed by atoms with E-state index < -0.39 is 11.8 Å². The van der Waals surface area contributed by atoms with Gasteiger partial charge >= 0.3 is 5.97 Å². The molecular weight excluding hydrogens is 456 g/mol. The number of nitrogens with zero attached hydrogens (tertiary/aromatic N) is 2. The molecule has 0 bridgehead atoms. The fraction of sp³-hybridized carbons (Fsp3) is 0.160. The molecule has 1 atom stereocenters. The fourth-order valence-corrected chi connectivity index (χ4v) is 4.59. The van der Waals surface area contributed by atoms with E-state index in [0.717, 1.165) is 11.7 Å². The number of rotatable bonds is 6. The molecule has 1 aliphatic heterocycles. The summed E-state index contributed by atoms with van der Waals surface area (Å²) in [4.78, 5) is 13.2. The Morgan fingerprint density at radius 1 is 0.971 bits per heavy atom. The molecule has 0 radical (unpaired) electrons. The van der Waals surface area contributed by atoms with Gasteiger partial charge in [-0.25, -0.2) is 4.79 Å². The maximum Gasteiger partial charge on any atom is 0.342 e. The first-order valence-electron chi connectivity index (χ1n) is 10.4. The van der Waals surface area contributed by atoms with Crippen molar-refractivity contribution in [3.8, 4) is 17.2 Å². The van der Waals surface area contributed by atoms with Crippen molar-refractivity contribution < 1.29 is 29.2 Å². The van der Waals surface area contributed by atoms with Crippen molar-refractivity contribution in [2.45, 2.75) is 12.2 Å². The zero-order chi connectivity index (χ0) is 23.9. The molecule has 0 amide bonds.